The molecule has 0 aromatic heterocycles. The Bertz CT molecular complexity index is 838. The number of allylic oxidation sites excluding steroid dienone is 1. The van der Waals surface area contributed by atoms with Gasteiger partial charge < -0.3 is 19.9 Å². The zero-order valence-electron chi connectivity index (χ0n) is 17.1. The molecule has 3 rings (SSSR count). The Hall–Kier alpha value is -2.34. The fourth-order valence-electron chi connectivity index (χ4n) is 3.70. The number of carbonyl (C=O) groups is 1. The third kappa shape index (κ3) is 5.85. The van der Waals surface area contributed by atoms with E-state index in [9.17, 15) is 9.90 Å². The van der Waals surface area contributed by atoms with Crippen molar-refractivity contribution in [3.05, 3.63) is 82.6 Å². The van der Waals surface area contributed by atoms with Gasteiger partial charge in [-0.2, -0.15) is 0 Å². The number of benzene rings is 2. The second-order valence-corrected chi connectivity index (χ2v) is 7.68. The highest BCUT2D eigenvalue weighted by atomic mass is 35.5. The molecule has 0 radical (unpaired) electrons. The van der Waals surface area contributed by atoms with Crippen molar-refractivity contribution in [2.75, 3.05) is 13.2 Å². The predicted octanol–water partition coefficient (Wildman–Crippen LogP) is 4.41. The molecule has 30 heavy (non-hydrogen) atoms. The van der Waals surface area contributed by atoms with Crippen LogP contribution in [-0.2, 0) is 20.8 Å². The van der Waals surface area contributed by atoms with Crippen molar-refractivity contribution in [3.63, 3.8) is 0 Å². The lowest BCUT2D eigenvalue weighted by Crippen LogP contribution is -2.38. The standard InChI is InChI=1S/C24H28ClNO4/c1-2-29-24-20(9-6-14-27)21(18-10-12-19(25)13-11-18)15-22(30-24)23(28)26-16-17-7-4-3-5-8-17/h3-5,7-8,10-13,15,20-21,24,27H,2,6,9,14,16H2,1H3,(H,26,28)/t20-,21-,24-/m1/s1. The highest BCUT2D eigenvalue weighted by Crippen LogP contribution is 2.39. The van der Waals surface area contributed by atoms with Crippen LogP contribution in [0, 0.1) is 5.92 Å². The van der Waals surface area contributed by atoms with Crippen LogP contribution < -0.4 is 5.32 Å². The molecule has 0 saturated heterocycles. The zero-order valence-corrected chi connectivity index (χ0v) is 17.8. The lowest BCUT2D eigenvalue weighted by Gasteiger charge is -2.37. The average molecular weight is 430 g/mol. The first-order valence-electron chi connectivity index (χ1n) is 10.3. The summed E-state index contributed by atoms with van der Waals surface area (Å²) in [5.41, 5.74) is 2.04. The number of aliphatic hydroxyl groups excluding tert-OH is 1. The van der Waals surface area contributed by atoms with Gasteiger partial charge in [-0.05, 0) is 49.1 Å². The Kier molecular flexibility index (Phi) is 8.31. The van der Waals surface area contributed by atoms with Crippen LogP contribution in [-0.4, -0.2) is 30.5 Å². The molecule has 6 heteroatoms. The molecule has 1 aliphatic heterocycles. The molecule has 5 nitrogen and oxygen atoms in total. The van der Waals surface area contributed by atoms with Crippen LogP contribution in [0.2, 0.25) is 5.02 Å². The van der Waals surface area contributed by atoms with Crippen molar-refractivity contribution >= 4 is 17.5 Å². The van der Waals surface area contributed by atoms with Gasteiger partial charge in [0.25, 0.3) is 5.91 Å². The van der Waals surface area contributed by atoms with E-state index < -0.39 is 6.29 Å². The molecule has 0 spiro atoms. The largest absolute Gasteiger partial charge is 0.459 e. The Morgan fingerprint density at radius 1 is 1.17 bits per heavy atom. The summed E-state index contributed by atoms with van der Waals surface area (Å²) < 4.78 is 11.8. The van der Waals surface area contributed by atoms with Crippen LogP contribution in [0.5, 0.6) is 0 Å². The van der Waals surface area contributed by atoms with Crippen LogP contribution >= 0.6 is 11.6 Å². The van der Waals surface area contributed by atoms with Crippen LogP contribution in [0.3, 0.4) is 0 Å². The maximum Gasteiger partial charge on any atom is 0.286 e. The molecule has 0 aliphatic carbocycles. The molecule has 0 bridgehead atoms. The molecule has 1 aliphatic rings. The minimum atomic E-state index is -0.565. The van der Waals surface area contributed by atoms with E-state index in [0.29, 0.717) is 31.0 Å². The van der Waals surface area contributed by atoms with Crippen molar-refractivity contribution in [1.82, 2.24) is 5.32 Å². The maximum atomic E-state index is 12.9. The van der Waals surface area contributed by atoms with Gasteiger partial charge in [0.1, 0.15) is 0 Å². The summed E-state index contributed by atoms with van der Waals surface area (Å²) in [6.45, 7) is 2.87. The number of carbonyl (C=O) groups excluding carboxylic acids is 1. The van der Waals surface area contributed by atoms with Crippen LogP contribution in [0.25, 0.3) is 0 Å². The van der Waals surface area contributed by atoms with Crippen LogP contribution in [0.1, 0.15) is 36.8 Å². The van der Waals surface area contributed by atoms with Gasteiger partial charge in [0.05, 0.1) is 0 Å². The van der Waals surface area contributed by atoms with Crippen LogP contribution in [0.4, 0.5) is 0 Å². The van der Waals surface area contributed by atoms with E-state index in [4.69, 9.17) is 21.1 Å². The highest BCUT2D eigenvalue weighted by molar-refractivity contribution is 6.30. The fraction of sp³-hybridized carbons (Fsp3) is 0.375. The Balaban J connectivity index is 1.85. The number of aliphatic hydroxyl groups is 1. The first-order valence-corrected chi connectivity index (χ1v) is 10.7. The number of hydrogen-bond acceptors (Lipinski definition) is 4. The van der Waals surface area contributed by atoms with E-state index in [1.807, 2.05) is 67.6 Å². The molecule has 2 aromatic rings. The topological polar surface area (TPSA) is 67.8 Å². The molecular weight excluding hydrogens is 402 g/mol. The van der Waals surface area contributed by atoms with Gasteiger partial charge in [0.15, 0.2) is 5.76 Å². The quantitative estimate of drug-likeness (QED) is 0.619. The summed E-state index contributed by atoms with van der Waals surface area (Å²) in [6, 6.07) is 17.3. The second kappa shape index (κ2) is 11.2. The summed E-state index contributed by atoms with van der Waals surface area (Å²) in [5.74, 6) is -0.131. The van der Waals surface area contributed by atoms with E-state index in [1.165, 1.54) is 0 Å². The average Bonchev–Trinajstić information content (AvgIpc) is 2.77. The van der Waals surface area contributed by atoms with Crippen molar-refractivity contribution in [2.24, 2.45) is 5.92 Å². The number of nitrogens with one attached hydrogen (secondary N) is 1. The van der Waals surface area contributed by atoms with Crippen molar-refractivity contribution < 1.29 is 19.4 Å². The van der Waals surface area contributed by atoms with E-state index in [1.54, 1.807) is 0 Å². The Morgan fingerprint density at radius 3 is 2.57 bits per heavy atom. The lowest BCUT2D eigenvalue weighted by atomic mass is 9.80. The summed E-state index contributed by atoms with van der Waals surface area (Å²) in [5, 5.41) is 12.9. The van der Waals surface area contributed by atoms with Gasteiger partial charge in [-0.3, -0.25) is 4.79 Å². The van der Waals surface area contributed by atoms with E-state index in [2.05, 4.69) is 5.32 Å². The molecule has 0 saturated carbocycles. The van der Waals surface area contributed by atoms with Gasteiger partial charge in [0, 0.05) is 36.6 Å². The Labute approximate surface area is 182 Å². The van der Waals surface area contributed by atoms with Gasteiger partial charge in [-0.15, -0.1) is 0 Å². The first kappa shape index (κ1) is 22.3. The SMILES string of the molecule is CCO[C@@H]1OC(C(=O)NCc2ccccc2)=C[C@H](c2ccc(Cl)cc2)[C@H]1CCCO. The van der Waals surface area contributed by atoms with Gasteiger partial charge in [-0.1, -0.05) is 54.1 Å². The smallest absolute Gasteiger partial charge is 0.286 e. The monoisotopic (exact) mass is 429 g/mol. The van der Waals surface area contributed by atoms with Gasteiger partial charge in [-0.25, -0.2) is 0 Å². The van der Waals surface area contributed by atoms with Crippen molar-refractivity contribution in [2.45, 2.75) is 38.5 Å². The van der Waals surface area contributed by atoms with E-state index in [-0.39, 0.29) is 30.1 Å². The maximum absolute atomic E-state index is 12.9. The van der Waals surface area contributed by atoms with E-state index >= 15 is 0 Å². The van der Waals surface area contributed by atoms with Crippen molar-refractivity contribution in [3.8, 4) is 0 Å². The molecule has 160 valence electrons. The van der Waals surface area contributed by atoms with Crippen LogP contribution in [0.15, 0.2) is 66.4 Å². The van der Waals surface area contributed by atoms with Gasteiger partial charge in [0.2, 0.25) is 6.29 Å². The number of amides is 1. The highest BCUT2D eigenvalue weighted by Gasteiger charge is 2.37. The minimum Gasteiger partial charge on any atom is -0.459 e. The predicted molar refractivity (Wildman–Crippen MR) is 117 cm³/mol. The van der Waals surface area contributed by atoms with Crippen molar-refractivity contribution in [1.29, 1.82) is 0 Å². The third-order valence-electron chi connectivity index (χ3n) is 5.19. The number of rotatable bonds is 9. The molecule has 0 unspecified atom stereocenters. The summed E-state index contributed by atoms with van der Waals surface area (Å²) >= 11 is 6.07. The minimum absolute atomic E-state index is 0.0241. The summed E-state index contributed by atoms with van der Waals surface area (Å²) in [6.07, 6.45) is 2.64. The molecule has 2 N–H and O–H groups in total. The zero-order chi connectivity index (χ0) is 21.3. The number of halogens is 1. The molecule has 3 atom stereocenters. The fourth-order valence-corrected chi connectivity index (χ4v) is 3.82. The molecule has 1 amide bonds. The molecule has 2 aromatic carbocycles. The lowest BCUT2D eigenvalue weighted by molar-refractivity contribution is -0.166. The molecular formula is C24H28ClNO4. The number of hydrogen-bond donors (Lipinski definition) is 2. The second-order valence-electron chi connectivity index (χ2n) is 7.25. The number of ether oxygens (including phenoxy) is 2. The Morgan fingerprint density at radius 2 is 1.90 bits per heavy atom. The van der Waals surface area contributed by atoms with E-state index in [0.717, 1.165) is 11.1 Å². The summed E-state index contributed by atoms with van der Waals surface area (Å²) in [4.78, 5) is 12.9. The normalized spacial score (nSPS) is 20.9. The third-order valence-corrected chi connectivity index (χ3v) is 5.44. The molecule has 0 fully saturated rings. The van der Waals surface area contributed by atoms with Gasteiger partial charge >= 0.3 is 0 Å². The molecule has 1 heterocycles. The first-order chi connectivity index (χ1) is 14.6. The summed E-state index contributed by atoms with van der Waals surface area (Å²) in [7, 11) is 0.